The lowest BCUT2D eigenvalue weighted by Gasteiger charge is -2.56. The average molecular weight is 434 g/mol. The first-order chi connectivity index (χ1) is 15.1. The van der Waals surface area contributed by atoms with Gasteiger partial charge in [0.2, 0.25) is 5.91 Å². The lowest BCUT2D eigenvalue weighted by Crippen LogP contribution is -2.54. The maximum Gasteiger partial charge on any atom is 0.235 e. The Kier molecular flexibility index (Phi) is 4.53. The van der Waals surface area contributed by atoms with Crippen LogP contribution in [0.2, 0.25) is 0 Å². The molecule has 1 aromatic carbocycles. The molecule has 0 aliphatic heterocycles. The molecule has 2 aromatic heterocycles. The molecular weight excluding hydrogens is 406 g/mol. The van der Waals surface area contributed by atoms with Gasteiger partial charge in [0.15, 0.2) is 5.13 Å². The fourth-order valence-corrected chi connectivity index (χ4v) is 7.62. The molecule has 4 aliphatic rings. The highest BCUT2D eigenvalue weighted by Crippen LogP contribution is 2.60. The van der Waals surface area contributed by atoms with Gasteiger partial charge in [0, 0.05) is 12.3 Å². The summed E-state index contributed by atoms with van der Waals surface area (Å²) in [5.41, 5.74) is 1.57. The number of carbonyl (C=O) groups is 1. The molecule has 160 valence electrons. The maximum atomic E-state index is 14.2. The van der Waals surface area contributed by atoms with E-state index in [9.17, 15) is 4.79 Å². The van der Waals surface area contributed by atoms with Crippen LogP contribution >= 0.6 is 11.3 Å². The molecule has 6 heteroatoms. The van der Waals surface area contributed by atoms with E-state index in [-0.39, 0.29) is 11.3 Å². The highest BCUT2D eigenvalue weighted by atomic mass is 32.1. The topological polar surface area (TPSA) is 55.3 Å². The zero-order chi connectivity index (χ0) is 21.0. The number of hydrogen-bond acceptors (Lipinski definition) is 5. The third kappa shape index (κ3) is 3.32. The molecule has 4 bridgehead atoms. The monoisotopic (exact) mass is 433 g/mol. The highest BCUT2D eigenvalue weighted by molar-refractivity contribution is 7.22. The van der Waals surface area contributed by atoms with E-state index in [2.05, 4.69) is 4.98 Å². The van der Waals surface area contributed by atoms with Gasteiger partial charge in [0.1, 0.15) is 5.75 Å². The second-order valence-electron chi connectivity index (χ2n) is 9.74. The molecule has 4 aliphatic carbocycles. The summed E-state index contributed by atoms with van der Waals surface area (Å²) < 4.78 is 6.44. The van der Waals surface area contributed by atoms with E-state index in [1.165, 1.54) is 19.3 Å². The number of carbonyl (C=O) groups excluding carboxylic acids is 1. The summed E-state index contributed by atoms with van der Waals surface area (Å²) in [5.74, 6) is 3.24. The summed E-state index contributed by atoms with van der Waals surface area (Å²) in [4.78, 5) is 25.6. The van der Waals surface area contributed by atoms with Crippen LogP contribution in [0, 0.1) is 23.2 Å². The maximum absolute atomic E-state index is 14.2. The first-order valence-corrected chi connectivity index (χ1v) is 12.1. The number of methoxy groups -OCH3 is 1. The van der Waals surface area contributed by atoms with Crippen molar-refractivity contribution < 1.29 is 9.53 Å². The molecule has 7 rings (SSSR count). The number of hydrogen-bond donors (Lipinski definition) is 0. The number of fused-ring (bicyclic) bond motifs is 1. The number of amides is 1. The summed E-state index contributed by atoms with van der Waals surface area (Å²) in [6.07, 6.45) is 8.93. The molecule has 3 aromatic rings. The van der Waals surface area contributed by atoms with Gasteiger partial charge in [-0.1, -0.05) is 17.4 Å². The first kappa shape index (κ1) is 19.2. The molecule has 0 spiro atoms. The van der Waals surface area contributed by atoms with Crippen LogP contribution < -0.4 is 9.64 Å². The minimum absolute atomic E-state index is 0.209. The number of nitrogens with zero attached hydrogens (tertiary/aromatic N) is 3. The van der Waals surface area contributed by atoms with Gasteiger partial charge in [-0.3, -0.25) is 14.7 Å². The summed E-state index contributed by atoms with van der Waals surface area (Å²) in [5, 5.41) is 0.773. The second kappa shape index (κ2) is 7.30. The van der Waals surface area contributed by atoms with Crippen molar-refractivity contribution in [3.63, 3.8) is 0 Å². The molecule has 4 saturated carbocycles. The van der Waals surface area contributed by atoms with E-state index in [0.29, 0.717) is 6.54 Å². The zero-order valence-electron chi connectivity index (χ0n) is 17.8. The number of anilines is 1. The summed E-state index contributed by atoms with van der Waals surface area (Å²) in [6, 6.07) is 11.8. The summed E-state index contributed by atoms with van der Waals surface area (Å²) >= 11 is 1.59. The van der Waals surface area contributed by atoms with E-state index >= 15 is 0 Å². The van der Waals surface area contributed by atoms with Crippen molar-refractivity contribution in [2.45, 2.75) is 45.1 Å². The Morgan fingerprint density at radius 1 is 1.13 bits per heavy atom. The van der Waals surface area contributed by atoms with Crippen molar-refractivity contribution in [2.24, 2.45) is 23.2 Å². The van der Waals surface area contributed by atoms with E-state index in [0.717, 1.165) is 63.8 Å². The Morgan fingerprint density at radius 2 is 1.87 bits per heavy atom. The molecule has 0 saturated heterocycles. The van der Waals surface area contributed by atoms with Crippen molar-refractivity contribution >= 4 is 32.6 Å². The average Bonchev–Trinajstić information content (AvgIpc) is 3.19. The van der Waals surface area contributed by atoms with Crippen LogP contribution in [0.3, 0.4) is 0 Å². The Labute approximate surface area is 186 Å². The quantitative estimate of drug-likeness (QED) is 0.537. The molecule has 0 N–H and O–H groups in total. The minimum atomic E-state index is -0.209. The van der Waals surface area contributed by atoms with Gasteiger partial charge in [0.05, 0.1) is 35.0 Å². The van der Waals surface area contributed by atoms with Gasteiger partial charge >= 0.3 is 0 Å². The zero-order valence-corrected chi connectivity index (χ0v) is 18.6. The van der Waals surface area contributed by atoms with Crippen LogP contribution in [0.1, 0.15) is 44.2 Å². The predicted molar refractivity (Wildman–Crippen MR) is 122 cm³/mol. The normalized spacial score (nSPS) is 28.7. The Bertz CT molecular complexity index is 1090. The van der Waals surface area contributed by atoms with E-state index in [4.69, 9.17) is 9.72 Å². The van der Waals surface area contributed by atoms with Gasteiger partial charge in [0.25, 0.3) is 0 Å². The van der Waals surface area contributed by atoms with Crippen molar-refractivity contribution in [3.8, 4) is 5.75 Å². The van der Waals surface area contributed by atoms with Crippen molar-refractivity contribution in [3.05, 3.63) is 48.3 Å². The summed E-state index contributed by atoms with van der Waals surface area (Å²) in [7, 11) is 1.67. The van der Waals surface area contributed by atoms with E-state index < -0.39 is 0 Å². The number of benzene rings is 1. The third-order valence-electron chi connectivity index (χ3n) is 7.60. The Morgan fingerprint density at radius 3 is 2.52 bits per heavy atom. The van der Waals surface area contributed by atoms with Crippen LogP contribution in [-0.4, -0.2) is 23.0 Å². The van der Waals surface area contributed by atoms with Gasteiger partial charge in [-0.25, -0.2) is 4.98 Å². The molecular formula is C25H27N3O2S. The van der Waals surface area contributed by atoms with Crippen LogP contribution in [0.25, 0.3) is 10.2 Å². The lowest BCUT2D eigenvalue weighted by atomic mass is 9.49. The van der Waals surface area contributed by atoms with Crippen molar-refractivity contribution in [2.75, 3.05) is 12.0 Å². The minimum Gasteiger partial charge on any atom is -0.497 e. The lowest BCUT2D eigenvalue weighted by molar-refractivity contribution is -0.143. The molecule has 1 amide bonds. The Hall–Kier alpha value is -2.47. The van der Waals surface area contributed by atoms with Crippen molar-refractivity contribution in [1.82, 2.24) is 9.97 Å². The number of aromatic nitrogens is 2. The van der Waals surface area contributed by atoms with Gasteiger partial charge < -0.3 is 4.74 Å². The van der Waals surface area contributed by atoms with E-state index in [1.54, 1.807) is 24.6 Å². The fraction of sp³-hybridized carbons (Fsp3) is 0.480. The van der Waals surface area contributed by atoms with Gasteiger partial charge in [-0.05, 0) is 80.5 Å². The molecule has 0 atom stereocenters. The number of rotatable bonds is 5. The van der Waals surface area contributed by atoms with Crippen LogP contribution in [-0.2, 0) is 11.3 Å². The summed E-state index contributed by atoms with van der Waals surface area (Å²) in [6.45, 7) is 0.471. The SMILES string of the molecule is COc1ccc2sc(N(Cc3ccccn3)C(=O)C34CC5CC(CC(C5)C3)C4)nc2c1. The van der Waals surface area contributed by atoms with Crippen LogP contribution in [0.5, 0.6) is 5.75 Å². The van der Waals surface area contributed by atoms with E-state index in [1.807, 2.05) is 41.3 Å². The largest absolute Gasteiger partial charge is 0.497 e. The second-order valence-corrected chi connectivity index (χ2v) is 10.7. The number of pyridine rings is 1. The van der Waals surface area contributed by atoms with Crippen LogP contribution in [0.4, 0.5) is 5.13 Å². The van der Waals surface area contributed by atoms with Gasteiger partial charge in [-0.2, -0.15) is 0 Å². The smallest absolute Gasteiger partial charge is 0.235 e. The predicted octanol–water partition coefficient (Wildman–Crippen LogP) is 5.45. The number of thiazole rings is 1. The number of ether oxygens (including phenoxy) is 1. The third-order valence-corrected chi connectivity index (χ3v) is 8.66. The standard InChI is InChI=1S/C25H27N3O2S/c1-30-20-5-6-22-21(11-20)27-24(31-22)28(15-19-4-2-3-7-26-19)23(29)25-12-16-8-17(13-25)10-18(9-16)14-25/h2-7,11,16-18H,8-10,12-15H2,1H3. The Balaban J connectivity index is 1.40. The fourth-order valence-electron chi connectivity index (χ4n) is 6.68. The van der Waals surface area contributed by atoms with Crippen LogP contribution in [0.15, 0.2) is 42.6 Å². The molecule has 5 nitrogen and oxygen atoms in total. The molecule has 4 fully saturated rings. The molecule has 0 unspecified atom stereocenters. The highest BCUT2D eigenvalue weighted by Gasteiger charge is 2.56. The van der Waals surface area contributed by atoms with Gasteiger partial charge in [-0.15, -0.1) is 0 Å². The molecule has 2 heterocycles. The van der Waals surface area contributed by atoms with Crippen molar-refractivity contribution in [1.29, 1.82) is 0 Å². The first-order valence-electron chi connectivity index (χ1n) is 11.3. The molecule has 31 heavy (non-hydrogen) atoms. The molecule has 0 radical (unpaired) electrons.